The van der Waals surface area contributed by atoms with Crippen molar-refractivity contribution in [3.63, 3.8) is 0 Å². The molecule has 0 aliphatic carbocycles. The first kappa shape index (κ1) is 18.6. The standard InChI is InChI=1S/C15H9ClF3N5O3/c16-13-7-12(24(26)27)4-1-9(13)8-22-14(25)23(21-20-22)11-5-2-10(3-6-11)15(17,18)19/h1-7H,8H2. The molecule has 0 fully saturated rings. The molecule has 27 heavy (non-hydrogen) atoms. The van der Waals surface area contributed by atoms with Gasteiger partial charge < -0.3 is 0 Å². The Labute approximate surface area is 153 Å². The van der Waals surface area contributed by atoms with Gasteiger partial charge in [-0.3, -0.25) is 10.1 Å². The number of tetrazole rings is 1. The van der Waals surface area contributed by atoms with Crippen molar-refractivity contribution in [3.8, 4) is 5.69 Å². The van der Waals surface area contributed by atoms with Gasteiger partial charge in [0, 0.05) is 12.1 Å². The average Bonchev–Trinajstić information content (AvgIpc) is 2.96. The van der Waals surface area contributed by atoms with Crippen molar-refractivity contribution in [3.05, 3.63) is 79.2 Å². The predicted octanol–water partition coefficient (Wildman–Crippen LogP) is 3.06. The van der Waals surface area contributed by atoms with E-state index in [0.717, 1.165) is 39.7 Å². The first-order chi connectivity index (χ1) is 12.7. The Balaban J connectivity index is 1.88. The minimum atomic E-state index is -4.49. The molecule has 2 aromatic carbocycles. The first-order valence-corrected chi connectivity index (χ1v) is 7.68. The van der Waals surface area contributed by atoms with Crippen LogP contribution in [-0.4, -0.2) is 24.7 Å². The number of rotatable bonds is 4. The number of benzene rings is 2. The third-order valence-electron chi connectivity index (χ3n) is 3.65. The highest BCUT2D eigenvalue weighted by atomic mass is 35.5. The molecule has 1 heterocycles. The van der Waals surface area contributed by atoms with E-state index >= 15 is 0 Å². The fourth-order valence-corrected chi connectivity index (χ4v) is 2.50. The molecule has 0 saturated heterocycles. The van der Waals surface area contributed by atoms with Crippen LogP contribution in [0.15, 0.2) is 47.3 Å². The zero-order valence-electron chi connectivity index (χ0n) is 13.2. The van der Waals surface area contributed by atoms with E-state index in [-0.39, 0.29) is 22.9 Å². The lowest BCUT2D eigenvalue weighted by Gasteiger charge is -2.06. The molecule has 0 aliphatic heterocycles. The lowest BCUT2D eigenvalue weighted by molar-refractivity contribution is -0.384. The van der Waals surface area contributed by atoms with Gasteiger partial charge in [0.1, 0.15) is 0 Å². The van der Waals surface area contributed by atoms with Crippen molar-refractivity contribution in [1.29, 1.82) is 0 Å². The third-order valence-corrected chi connectivity index (χ3v) is 4.00. The summed E-state index contributed by atoms with van der Waals surface area (Å²) < 4.78 is 39.6. The minimum absolute atomic E-state index is 0.0696. The summed E-state index contributed by atoms with van der Waals surface area (Å²) in [6.07, 6.45) is -4.49. The van der Waals surface area contributed by atoms with E-state index in [2.05, 4.69) is 10.4 Å². The van der Waals surface area contributed by atoms with E-state index < -0.39 is 22.4 Å². The molecule has 0 bridgehead atoms. The van der Waals surface area contributed by atoms with Crippen molar-refractivity contribution >= 4 is 17.3 Å². The Morgan fingerprint density at radius 2 is 1.78 bits per heavy atom. The van der Waals surface area contributed by atoms with Crippen LogP contribution in [0.5, 0.6) is 0 Å². The Morgan fingerprint density at radius 3 is 2.33 bits per heavy atom. The number of nitro groups is 1. The highest BCUT2D eigenvalue weighted by Crippen LogP contribution is 2.29. The molecule has 0 N–H and O–H groups in total. The maximum Gasteiger partial charge on any atom is 0.416 e. The number of alkyl halides is 3. The second kappa shape index (κ2) is 6.83. The van der Waals surface area contributed by atoms with E-state index in [4.69, 9.17) is 11.6 Å². The summed E-state index contributed by atoms with van der Waals surface area (Å²) in [5.41, 5.74) is -1.27. The van der Waals surface area contributed by atoms with Crippen molar-refractivity contribution in [2.75, 3.05) is 0 Å². The molecule has 0 spiro atoms. The van der Waals surface area contributed by atoms with Gasteiger partial charge in [-0.2, -0.15) is 22.5 Å². The second-order valence-corrected chi connectivity index (χ2v) is 5.82. The molecule has 0 unspecified atom stereocenters. The molecular weight excluding hydrogens is 391 g/mol. The van der Waals surface area contributed by atoms with E-state index in [0.29, 0.717) is 5.56 Å². The molecule has 8 nitrogen and oxygen atoms in total. The topological polar surface area (TPSA) is 95.8 Å². The second-order valence-electron chi connectivity index (χ2n) is 5.41. The third kappa shape index (κ3) is 3.82. The maximum atomic E-state index is 12.6. The lowest BCUT2D eigenvalue weighted by Crippen LogP contribution is -2.25. The highest BCUT2D eigenvalue weighted by Gasteiger charge is 2.30. The van der Waals surface area contributed by atoms with Gasteiger partial charge in [-0.15, -0.1) is 0 Å². The Morgan fingerprint density at radius 1 is 1.11 bits per heavy atom. The van der Waals surface area contributed by atoms with Gasteiger partial charge in [-0.05, 0) is 46.3 Å². The van der Waals surface area contributed by atoms with Crippen molar-refractivity contribution in [2.24, 2.45) is 0 Å². The zero-order chi connectivity index (χ0) is 19.8. The molecule has 3 rings (SSSR count). The summed E-state index contributed by atoms with van der Waals surface area (Å²) in [6, 6.07) is 7.60. The van der Waals surface area contributed by atoms with Gasteiger partial charge in [0.25, 0.3) is 5.69 Å². The van der Waals surface area contributed by atoms with Crippen LogP contribution in [-0.2, 0) is 12.7 Å². The van der Waals surface area contributed by atoms with Crippen LogP contribution < -0.4 is 5.69 Å². The number of nitrogens with zero attached hydrogens (tertiary/aromatic N) is 5. The van der Waals surface area contributed by atoms with Crippen LogP contribution in [0.2, 0.25) is 5.02 Å². The van der Waals surface area contributed by atoms with E-state index in [1.54, 1.807) is 0 Å². The fraction of sp³-hybridized carbons (Fsp3) is 0.133. The molecule has 140 valence electrons. The van der Waals surface area contributed by atoms with Gasteiger partial charge in [0.05, 0.1) is 27.7 Å². The molecule has 1 aromatic heterocycles. The lowest BCUT2D eigenvalue weighted by atomic mass is 10.2. The van der Waals surface area contributed by atoms with Crippen LogP contribution in [0.25, 0.3) is 5.69 Å². The zero-order valence-corrected chi connectivity index (χ0v) is 14.0. The molecule has 0 saturated carbocycles. The van der Waals surface area contributed by atoms with Crippen molar-refractivity contribution < 1.29 is 18.1 Å². The molecular formula is C15H9ClF3N5O3. The molecule has 0 radical (unpaired) electrons. The number of aromatic nitrogens is 4. The number of hydrogen-bond acceptors (Lipinski definition) is 5. The van der Waals surface area contributed by atoms with Crippen LogP contribution in [0.4, 0.5) is 18.9 Å². The summed E-state index contributed by atoms with van der Waals surface area (Å²) in [5.74, 6) is 0. The van der Waals surface area contributed by atoms with Crippen molar-refractivity contribution in [2.45, 2.75) is 12.7 Å². The van der Waals surface area contributed by atoms with Crippen LogP contribution >= 0.6 is 11.6 Å². The van der Waals surface area contributed by atoms with E-state index in [1.807, 2.05) is 0 Å². The van der Waals surface area contributed by atoms with Crippen LogP contribution in [0.1, 0.15) is 11.1 Å². The Hall–Kier alpha value is -3.21. The maximum absolute atomic E-state index is 12.6. The number of non-ortho nitro benzene ring substituents is 1. The smallest absolute Gasteiger partial charge is 0.258 e. The summed E-state index contributed by atoms with van der Waals surface area (Å²) in [5, 5.41) is 18.1. The SMILES string of the molecule is O=c1n(Cc2ccc([N+](=O)[O-])cc2Cl)nnn1-c1ccc(C(F)(F)F)cc1. The van der Waals surface area contributed by atoms with Gasteiger partial charge >= 0.3 is 11.9 Å². The minimum Gasteiger partial charge on any atom is -0.258 e. The fourth-order valence-electron chi connectivity index (χ4n) is 2.27. The summed E-state index contributed by atoms with van der Waals surface area (Å²) in [7, 11) is 0. The van der Waals surface area contributed by atoms with Gasteiger partial charge in [-0.1, -0.05) is 11.6 Å². The normalized spacial score (nSPS) is 11.6. The van der Waals surface area contributed by atoms with Gasteiger partial charge in [0.15, 0.2) is 0 Å². The quantitative estimate of drug-likeness (QED) is 0.496. The number of halogens is 4. The Bertz CT molecular complexity index is 1060. The van der Waals surface area contributed by atoms with Gasteiger partial charge in [0.2, 0.25) is 0 Å². The van der Waals surface area contributed by atoms with E-state index in [9.17, 15) is 28.1 Å². The highest BCUT2D eigenvalue weighted by molar-refractivity contribution is 6.31. The summed E-state index contributed by atoms with van der Waals surface area (Å²) in [6.45, 7) is -0.115. The average molecular weight is 400 g/mol. The van der Waals surface area contributed by atoms with Crippen molar-refractivity contribution in [1.82, 2.24) is 19.8 Å². The number of hydrogen-bond donors (Lipinski definition) is 0. The summed E-state index contributed by atoms with van der Waals surface area (Å²) >= 11 is 5.98. The van der Waals surface area contributed by atoms with Crippen LogP contribution in [0, 0.1) is 10.1 Å². The molecule has 0 aliphatic rings. The monoisotopic (exact) mass is 399 g/mol. The molecule has 12 heteroatoms. The largest absolute Gasteiger partial charge is 0.416 e. The van der Waals surface area contributed by atoms with Crippen LogP contribution in [0.3, 0.4) is 0 Å². The predicted molar refractivity (Wildman–Crippen MR) is 87.8 cm³/mol. The summed E-state index contributed by atoms with van der Waals surface area (Å²) in [4.78, 5) is 22.5. The molecule has 3 aromatic rings. The molecule has 0 atom stereocenters. The van der Waals surface area contributed by atoms with E-state index in [1.165, 1.54) is 12.1 Å². The molecule has 0 amide bonds. The Kier molecular flexibility index (Phi) is 4.70. The number of nitro benzene ring substituents is 1. The van der Waals surface area contributed by atoms with Gasteiger partial charge in [-0.25, -0.2) is 4.79 Å². The first-order valence-electron chi connectivity index (χ1n) is 7.30.